The predicted molar refractivity (Wildman–Crippen MR) is 70.4 cm³/mol. The van der Waals surface area contributed by atoms with Gasteiger partial charge in [0.2, 0.25) is 0 Å². The van der Waals surface area contributed by atoms with E-state index in [1.807, 2.05) is 6.92 Å². The highest BCUT2D eigenvalue weighted by atomic mass is 17.2. The third kappa shape index (κ3) is 7.78. The van der Waals surface area contributed by atoms with Crippen molar-refractivity contribution in [1.82, 2.24) is 10.6 Å². The number of hydrogen-bond acceptors (Lipinski definition) is 5. The molecule has 0 aromatic rings. The van der Waals surface area contributed by atoms with Gasteiger partial charge >= 0.3 is 6.03 Å². The van der Waals surface area contributed by atoms with Crippen molar-refractivity contribution in [1.29, 1.82) is 0 Å². The van der Waals surface area contributed by atoms with Gasteiger partial charge in [-0.05, 0) is 13.3 Å². The summed E-state index contributed by atoms with van der Waals surface area (Å²) in [5.41, 5.74) is -0.161. The Morgan fingerprint density at radius 3 is 2.42 bits per heavy atom. The van der Waals surface area contributed by atoms with E-state index in [0.29, 0.717) is 13.0 Å². The second-order valence-electron chi connectivity index (χ2n) is 4.37. The zero-order valence-electron chi connectivity index (χ0n) is 11.6. The molecule has 2 amide bonds. The van der Waals surface area contributed by atoms with Crippen LogP contribution in [0.2, 0.25) is 0 Å². The normalized spacial score (nSPS) is 11.2. The Labute approximate surface area is 113 Å². The van der Waals surface area contributed by atoms with Crippen LogP contribution in [0, 0.1) is 0 Å². The number of aliphatic hydroxyl groups excluding tert-OH is 2. The number of carbonyl (C=O) groups excluding carboxylic acids is 1. The van der Waals surface area contributed by atoms with E-state index in [1.54, 1.807) is 6.92 Å². The number of carbonyl (C=O) groups is 1. The van der Waals surface area contributed by atoms with E-state index in [-0.39, 0.29) is 26.4 Å². The summed E-state index contributed by atoms with van der Waals surface area (Å²) >= 11 is 0. The van der Waals surface area contributed by atoms with Crippen molar-refractivity contribution >= 4 is 6.03 Å². The molecule has 112 valence electrons. The van der Waals surface area contributed by atoms with Crippen LogP contribution in [0.25, 0.3) is 0 Å². The minimum absolute atomic E-state index is 0.193. The summed E-state index contributed by atoms with van der Waals surface area (Å²) in [7, 11) is 0. The van der Waals surface area contributed by atoms with Crippen LogP contribution in [0.3, 0.4) is 0 Å². The first-order chi connectivity index (χ1) is 8.99. The molecule has 0 bridgehead atoms. The van der Waals surface area contributed by atoms with Crippen molar-refractivity contribution in [3.63, 3.8) is 0 Å². The molecule has 0 atom stereocenters. The monoisotopic (exact) mass is 276 g/mol. The smallest absolute Gasteiger partial charge is 0.315 e. The van der Waals surface area contributed by atoms with E-state index in [0.717, 1.165) is 5.57 Å². The van der Waals surface area contributed by atoms with Crippen LogP contribution in [0.4, 0.5) is 4.79 Å². The lowest BCUT2D eigenvalue weighted by Crippen LogP contribution is -2.56. The Hall–Kier alpha value is -1.15. The maximum atomic E-state index is 11.5. The average Bonchev–Trinajstić information content (AvgIpc) is 2.40. The maximum absolute atomic E-state index is 11.5. The lowest BCUT2D eigenvalue weighted by molar-refractivity contribution is -0.286. The van der Waals surface area contributed by atoms with E-state index in [1.165, 1.54) is 0 Å². The second kappa shape index (κ2) is 9.74. The zero-order valence-corrected chi connectivity index (χ0v) is 11.6. The molecule has 0 saturated carbocycles. The number of amides is 2. The largest absolute Gasteiger partial charge is 0.394 e. The van der Waals surface area contributed by atoms with Gasteiger partial charge in [-0.15, -0.1) is 0 Å². The topological polar surface area (TPSA) is 100 Å². The van der Waals surface area contributed by atoms with Gasteiger partial charge in [-0.3, -0.25) is 0 Å². The quantitative estimate of drug-likeness (QED) is 0.194. The molecule has 0 spiro atoms. The molecule has 0 aliphatic heterocycles. The van der Waals surface area contributed by atoms with Crippen molar-refractivity contribution in [2.24, 2.45) is 0 Å². The zero-order chi connectivity index (χ0) is 14.7. The lowest BCUT2D eigenvalue weighted by atomic mass is 9.99. The van der Waals surface area contributed by atoms with Crippen LogP contribution < -0.4 is 10.6 Å². The summed E-state index contributed by atoms with van der Waals surface area (Å²) in [4.78, 5) is 21.1. The third-order valence-electron chi connectivity index (χ3n) is 2.52. The van der Waals surface area contributed by atoms with Crippen molar-refractivity contribution in [2.75, 3.05) is 33.0 Å². The van der Waals surface area contributed by atoms with Gasteiger partial charge in [-0.25, -0.2) is 14.6 Å². The fourth-order valence-corrected chi connectivity index (χ4v) is 1.13. The SMILES string of the molecule is C=C(C)COOCCNC(=O)NC(CC)(CO)CO. The lowest BCUT2D eigenvalue weighted by Gasteiger charge is -2.29. The molecule has 0 rings (SSSR count). The molecular weight excluding hydrogens is 252 g/mol. The summed E-state index contributed by atoms with van der Waals surface area (Å²) < 4.78 is 0. The summed E-state index contributed by atoms with van der Waals surface area (Å²) in [5.74, 6) is 0. The first-order valence-electron chi connectivity index (χ1n) is 6.16. The highest BCUT2D eigenvalue weighted by Crippen LogP contribution is 2.07. The molecule has 0 heterocycles. The number of urea groups is 1. The number of aliphatic hydroxyl groups is 2. The molecule has 0 unspecified atom stereocenters. The molecule has 0 aliphatic carbocycles. The van der Waals surface area contributed by atoms with Crippen LogP contribution in [-0.4, -0.2) is 54.8 Å². The van der Waals surface area contributed by atoms with Gasteiger partial charge < -0.3 is 20.8 Å². The Kier molecular flexibility index (Phi) is 9.15. The predicted octanol–water partition coefficient (Wildman–Crippen LogP) is -0.0567. The Morgan fingerprint density at radius 2 is 1.95 bits per heavy atom. The fourth-order valence-electron chi connectivity index (χ4n) is 1.13. The van der Waals surface area contributed by atoms with Gasteiger partial charge in [0, 0.05) is 6.54 Å². The van der Waals surface area contributed by atoms with Crippen molar-refractivity contribution in [2.45, 2.75) is 25.8 Å². The average molecular weight is 276 g/mol. The van der Waals surface area contributed by atoms with Crippen LogP contribution in [0.5, 0.6) is 0 Å². The van der Waals surface area contributed by atoms with Gasteiger partial charge in [0.25, 0.3) is 0 Å². The second-order valence-corrected chi connectivity index (χ2v) is 4.37. The van der Waals surface area contributed by atoms with Gasteiger partial charge in [-0.1, -0.05) is 19.1 Å². The van der Waals surface area contributed by atoms with Crippen molar-refractivity contribution < 1.29 is 24.8 Å². The van der Waals surface area contributed by atoms with E-state index in [4.69, 9.17) is 20.0 Å². The number of nitrogens with one attached hydrogen (secondary N) is 2. The van der Waals surface area contributed by atoms with E-state index in [9.17, 15) is 4.79 Å². The minimum atomic E-state index is -0.999. The van der Waals surface area contributed by atoms with Crippen LogP contribution in [0.1, 0.15) is 20.3 Å². The Morgan fingerprint density at radius 1 is 1.32 bits per heavy atom. The maximum Gasteiger partial charge on any atom is 0.315 e. The summed E-state index contributed by atoms with van der Waals surface area (Å²) in [5, 5.41) is 23.4. The van der Waals surface area contributed by atoms with E-state index >= 15 is 0 Å². The van der Waals surface area contributed by atoms with Crippen LogP contribution >= 0.6 is 0 Å². The number of hydrogen-bond donors (Lipinski definition) is 4. The molecule has 0 saturated heterocycles. The number of rotatable bonds is 10. The Balaban J connectivity index is 3.77. The Bertz CT molecular complexity index is 271. The molecule has 7 nitrogen and oxygen atoms in total. The molecule has 0 fully saturated rings. The molecular formula is C12H24N2O5. The molecule has 0 aromatic heterocycles. The van der Waals surface area contributed by atoms with E-state index < -0.39 is 11.6 Å². The van der Waals surface area contributed by atoms with Gasteiger partial charge in [0.05, 0.1) is 25.4 Å². The van der Waals surface area contributed by atoms with Crippen molar-refractivity contribution in [3.05, 3.63) is 12.2 Å². The van der Waals surface area contributed by atoms with Crippen LogP contribution in [-0.2, 0) is 9.78 Å². The first-order valence-corrected chi connectivity index (χ1v) is 6.16. The standard InChI is InChI=1S/C12H24N2O5/c1-4-12(8-15,9-16)14-11(17)13-5-6-18-19-7-10(2)3/h15-16H,2,4-9H2,1,3H3,(H2,13,14,17). The summed E-state index contributed by atoms with van der Waals surface area (Å²) in [6.07, 6.45) is 0.422. The fraction of sp³-hybridized carbons (Fsp3) is 0.750. The highest BCUT2D eigenvalue weighted by Gasteiger charge is 2.28. The molecule has 0 aromatic carbocycles. The van der Waals surface area contributed by atoms with Gasteiger partial charge in [0.15, 0.2) is 0 Å². The molecule has 7 heteroatoms. The van der Waals surface area contributed by atoms with Crippen molar-refractivity contribution in [3.8, 4) is 0 Å². The highest BCUT2D eigenvalue weighted by molar-refractivity contribution is 5.74. The molecule has 4 N–H and O–H groups in total. The molecule has 0 aliphatic rings. The minimum Gasteiger partial charge on any atom is -0.394 e. The van der Waals surface area contributed by atoms with Crippen LogP contribution in [0.15, 0.2) is 12.2 Å². The third-order valence-corrected chi connectivity index (χ3v) is 2.52. The molecule has 0 radical (unpaired) electrons. The summed E-state index contributed by atoms with van der Waals surface area (Å²) in [6, 6.07) is -0.478. The summed E-state index contributed by atoms with van der Waals surface area (Å²) in [6.45, 7) is 7.30. The van der Waals surface area contributed by atoms with Gasteiger partial charge in [-0.2, -0.15) is 0 Å². The van der Waals surface area contributed by atoms with Gasteiger partial charge in [0.1, 0.15) is 6.61 Å². The molecule has 19 heavy (non-hydrogen) atoms. The first kappa shape index (κ1) is 17.8. The van der Waals surface area contributed by atoms with E-state index in [2.05, 4.69) is 17.2 Å².